The molecule has 13 heteroatoms. The van der Waals surface area contributed by atoms with E-state index in [1.54, 1.807) is 45.0 Å². The summed E-state index contributed by atoms with van der Waals surface area (Å²) in [4.78, 5) is 24.6. The van der Waals surface area contributed by atoms with Gasteiger partial charge in [-0.1, -0.05) is 52.7 Å². The van der Waals surface area contributed by atoms with Crippen molar-refractivity contribution < 1.29 is 50.1 Å². The molecule has 2 N–H and O–H groups in total. The number of rotatable bonds is 16. The highest BCUT2D eigenvalue weighted by Gasteiger charge is 2.75. The lowest BCUT2D eigenvalue weighted by atomic mass is 9.84. The Balaban J connectivity index is 1.64. The molecule has 1 unspecified atom stereocenters. The van der Waals surface area contributed by atoms with E-state index in [-0.39, 0.29) is 37.1 Å². The van der Waals surface area contributed by atoms with Crippen molar-refractivity contribution in [3.05, 3.63) is 58.1 Å². The van der Waals surface area contributed by atoms with E-state index in [9.17, 15) is 35.9 Å². The van der Waals surface area contributed by atoms with Gasteiger partial charge in [-0.05, 0) is 73.4 Å². The number of aryl methyl sites for hydroxylation is 1. The number of halogens is 6. The standard InChI is InChI=1S/C34H44F6N2O5/c1-6-10-23-18-28-27(20-47-32(28,33(35,36)37)34(38,39)40)26(11-7-2)29(23)45-17-9-8-16-41-30(44)42-31(5,21-43)24-12-14-25(15-13-24)46-19-22(3)4/h12-15,18,21-22H,6-11,16-17,19-20H2,1-5H3,(H2,41,42,44). The second-order valence-electron chi connectivity index (χ2n) is 12.3. The Morgan fingerprint density at radius 3 is 2.19 bits per heavy atom. The monoisotopic (exact) mass is 674 g/mol. The number of unbranched alkanes of at least 4 members (excludes halogenated alkanes) is 1. The van der Waals surface area contributed by atoms with Gasteiger partial charge < -0.3 is 29.6 Å². The average Bonchev–Trinajstić information content (AvgIpc) is 3.40. The summed E-state index contributed by atoms with van der Waals surface area (Å²) in [6.45, 7) is 9.25. The lowest BCUT2D eigenvalue weighted by Gasteiger charge is -2.34. The van der Waals surface area contributed by atoms with E-state index in [2.05, 4.69) is 15.4 Å². The largest absolute Gasteiger partial charge is 0.493 e. The van der Waals surface area contributed by atoms with E-state index in [1.165, 1.54) is 0 Å². The van der Waals surface area contributed by atoms with E-state index >= 15 is 0 Å². The van der Waals surface area contributed by atoms with Crippen molar-refractivity contribution in [1.82, 2.24) is 10.6 Å². The molecule has 47 heavy (non-hydrogen) atoms. The lowest BCUT2D eigenvalue weighted by molar-refractivity contribution is -0.385. The van der Waals surface area contributed by atoms with E-state index < -0.39 is 41.7 Å². The van der Waals surface area contributed by atoms with E-state index in [0.717, 1.165) is 6.07 Å². The van der Waals surface area contributed by atoms with Crippen molar-refractivity contribution in [1.29, 1.82) is 0 Å². The Kier molecular flexibility index (Phi) is 12.6. The average molecular weight is 675 g/mol. The fourth-order valence-corrected chi connectivity index (χ4v) is 5.55. The lowest BCUT2D eigenvalue weighted by Crippen LogP contribution is -2.53. The third kappa shape index (κ3) is 8.52. The molecule has 0 radical (unpaired) electrons. The second kappa shape index (κ2) is 15.6. The second-order valence-corrected chi connectivity index (χ2v) is 12.3. The molecule has 7 nitrogen and oxygen atoms in total. The zero-order valence-electron chi connectivity index (χ0n) is 27.4. The number of urea groups is 1. The highest BCUT2D eigenvalue weighted by atomic mass is 19.4. The van der Waals surface area contributed by atoms with Gasteiger partial charge in [-0.25, -0.2) is 4.79 Å². The van der Waals surface area contributed by atoms with Crippen LogP contribution in [0.4, 0.5) is 31.1 Å². The quantitative estimate of drug-likeness (QED) is 0.107. The number of alkyl halides is 6. The molecule has 0 saturated heterocycles. The smallest absolute Gasteiger partial charge is 0.430 e. The summed E-state index contributed by atoms with van der Waals surface area (Å²) in [5, 5.41) is 5.38. The van der Waals surface area contributed by atoms with Gasteiger partial charge in [0.1, 0.15) is 23.3 Å². The number of hydrogen-bond donors (Lipinski definition) is 2. The molecule has 2 amide bonds. The predicted molar refractivity (Wildman–Crippen MR) is 164 cm³/mol. The maximum atomic E-state index is 14.0. The van der Waals surface area contributed by atoms with Gasteiger partial charge in [0.05, 0.1) is 19.8 Å². The van der Waals surface area contributed by atoms with E-state index in [4.69, 9.17) is 9.47 Å². The Hall–Kier alpha value is -3.48. The molecule has 3 rings (SSSR count). The zero-order valence-corrected chi connectivity index (χ0v) is 27.4. The van der Waals surface area contributed by atoms with Gasteiger partial charge in [0.2, 0.25) is 0 Å². The van der Waals surface area contributed by atoms with Crippen LogP contribution >= 0.6 is 0 Å². The van der Waals surface area contributed by atoms with Crippen LogP contribution in [0.2, 0.25) is 0 Å². The summed E-state index contributed by atoms with van der Waals surface area (Å²) in [5.41, 5.74) is -5.59. The first-order valence-corrected chi connectivity index (χ1v) is 15.9. The summed E-state index contributed by atoms with van der Waals surface area (Å²) >= 11 is 0. The number of amides is 2. The number of carbonyl (C=O) groups excluding carboxylic acids is 2. The topological polar surface area (TPSA) is 85.9 Å². The van der Waals surface area contributed by atoms with Crippen molar-refractivity contribution >= 4 is 12.3 Å². The van der Waals surface area contributed by atoms with Crippen LogP contribution in [-0.4, -0.2) is 44.4 Å². The van der Waals surface area contributed by atoms with Crippen molar-refractivity contribution in [2.24, 2.45) is 5.92 Å². The van der Waals surface area contributed by atoms with Crippen molar-refractivity contribution in [3.63, 3.8) is 0 Å². The fourth-order valence-electron chi connectivity index (χ4n) is 5.55. The van der Waals surface area contributed by atoms with Gasteiger partial charge in [0.25, 0.3) is 5.60 Å². The Bertz CT molecular complexity index is 1350. The molecule has 0 spiro atoms. The molecule has 2 aromatic carbocycles. The number of aldehydes is 1. The highest BCUT2D eigenvalue weighted by molar-refractivity contribution is 5.81. The van der Waals surface area contributed by atoms with Gasteiger partial charge in [-0.2, -0.15) is 26.3 Å². The first kappa shape index (κ1) is 38.0. The van der Waals surface area contributed by atoms with Crippen LogP contribution in [0.1, 0.15) is 88.1 Å². The van der Waals surface area contributed by atoms with Crippen molar-refractivity contribution in [2.45, 2.75) is 103 Å². The molecule has 0 saturated carbocycles. The van der Waals surface area contributed by atoms with Crippen molar-refractivity contribution in [3.8, 4) is 11.5 Å². The van der Waals surface area contributed by atoms with Crippen LogP contribution < -0.4 is 20.1 Å². The van der Waals surface area contributed by atoms with E-state index in [1.807, 2.05) is 13.8 Å². The maximum absolute atomic E-state index is 14.0. The zero-order chi connectivity index (χ0) is 35.0. The summed E-state index contributed by atoms with van der Waals surface area (Å²) < 4.78 is 101. The van der Waals surface area contributed by atoms with Gasteiger partial charge >= 0.3 is 18.4 Å². The van der Waals surface area contributed by atoms with Gasteiger partial charge in [-0.3, -0.25) is 0 Å². The molecule has 0 bridgehead atoms. The van der Waals surface area contributed by atoms with Crippen molar-refractivity contribution in [2.75, 3.05) is 19.8 Å². The molecule has 0 fully saturated rings. The number of fused-ring (bicyclic) bond motifs is 1. The molecule has 1 heterocycles. The third-order valence-electron chi connectivity index (χ3n) is 7.95. The SMILES string of the molecule is CCCc1cc2c(c(CCC)c1OCCCCNC(=O)NC(C)(C=O)c1ccc(OCC(C)C)cc1)COC2(C(F)(F)F)C(F)(F)F. The Labute approximate surface area is 271 Å². The molecular weight excluding hydrogens is 630 g/mol. The van der Waals surface area contributed by atoms with Crippen LogP contribution in [0.25, 0.3) is 0 Å². The first-order valence-electron chi connectivity index (χ1n) is 15.9. The minimum Gasteiger partial charge on any atom is -0.493 e. The number of carbonyl (C=O) groups is 2. The molecule has 262 valence electrons. The van der Waals surface area contributed by atoms with Gasteiger partial charge in [-0.15, -0.1) is 0 Å². The summed E-state index contributed by atoms with van der Waals surface area (Å²) in [6, 6.07) is 7.26. The summed E-state index contributed by atoms with van der Waals surface area (Å²) in [7, 11) is 0. The Morgan fingerprint density at radius 2 is 1.64 bits per heavy atom. The molecular formula is C34H44F6N2O5. The van der Waals surface area contributed by atoms with Gasteiger partial charge in [0.15, 0.2) is 0 Å². The van der Waals surface area contributed by atoms with Crippen LogP contribution in [0.5, 0.6) is 11.5 Å². The summed E-state index contributed by atoms with van der Waals surface area (Å²) in [6.07, 6.45) is -8.50. The number of hydrogen-bond acceptors (Lipinski definition) is 5. The normalized spacial score (nSPS) is 15.6. The minimum absolute atomic E-state index is 0.122. The summed E-state index contributed by atoms with van der Waals surface area (Å²) in [5.74, 6) is 1.29. The van der Waals surface area contributed by atoms with Gasteiger partial charge in [0, 0.05) is 17.7 Å². The predicted octanol–water partition coefficient (Wildman–Crippen LogP) is 8.05. The maximum Gasteiger partial charge on any atom is 0.430 e. The first-order chi connectivity index (χ1) is 22.0. The van der Waals surface area contributed by atoms with Crippen LogP contribution in [0.3, 0.4) is 0 Å². The molecule has 0 aliphatic carbocycles. The number of ether oxygens (including phenoxy) is 3. The fraction of sp³-hybridized carbons (Fsp3) is 0.588. The molecule has 2 aromatic rings. The van der Waals surface area contributed by atoms with Crippen LogP contribution in [0, 0.1) is 5.92 Å². The van der Waals surface area contributed by atoms with Crippen LogP contribution in [0.15, 0.2) is 30.3 Å². The molecule has 1 aliphatic heterocycles. The Morgan fingerprint density at radius 1 is 1.00 bits per heavy atom. The van der Waals surface area contributed by atoms with E-state index in [0.29, 0.717) is 67.1 Å². The van der Waals surface area contributed by atoms with Crippen LogP contribution in [-0.2, 0) is 40.1 Å². The molecule has 1 aliphatic rings. The molecule has 1 atom stereocenters. The number of nitrogens with one attached hydrogen (secondary N) is 2. The minimum atomic E-state index is -5.71. The highest BCUT2D eigenvalue weighted by Crippen LogP contribution is 2.58. The third-order valence-corrected chi connectivity index (χ3v) is 7.95. The number of benzene rings is 2. The molecule has 0 aromatic heterocycles.